The van der Waals surface area contributed by atoms with Crippen LogP contribution in [0.3, 0.4) is 0 Å². The SMILES string of the molecule is CCCCC1=[N+]([O-])C(C)(C)CO1. The molecule has 0 bridgehead atoms. The average Bonchev–Trinajstić information content (AvgIpc) is 2.26. The van der Waals surface area contributed by atoms with Crippen molar-refractivity contribution >= 4 is 5.90 Å². The largest absolute Gasteiger partial charge is 0.621 e. The maximum absolute atomic E-state index is 11.5. The minimum Gasteiger partial charge on any atom is -0.621 e. The Hall–Kier alpha value is -0.730. The third-order valence-electron chi connectivity index (χ3n) is 2.11. The Kier molecular flexibility index (Phi) is 2.60. The summed E-state index contributed by atoms with van der Waals surface area (Å²) >= 11 is 0. The molecule has 0 aliphatic carbocycles. The summed E-state index contributed by atoms with van der Waals surface area (Å²) in [5, 5.41) is 11.5. The summed E-state index contributed by atoms with van der Waals surface area (Å²) in [4.78, 5) is 0. The topological polar surface area (TPSA) is 35.3 Å². The average molecular weight is 171 g/mol. The first-order valence-electron chi connectivity index (χ1n) is 4.54. The second-order valence-corrected chi connectivity index (χ2v) is 3.89. The molecular formula is C9H17NO2. The van der Waals surface area contributed by atoms with E-state index in [1.807, 2.05) is 13.8 Å². The Balaban J connectivity index is 2.59. The summed E-state index contributed by atoms with van der Waals surface area (Å²) in [5.74, 6) is 0.613. The van der Waals surface area contributed by atoms with Crippen LogP contribution in [0.25, 0.3) is 0 Å². The van der Waals surface area contributed by atoms with Gasteiger partial charge in [-0.3, -0.25) is 0 Å². The van der Waals surface area contributed by atoms with Crippen LogP contribution < -0.4 is 0 Å². The highest BCUT2D eigenvalue weighted by molar-refractivity contribution is 5.72. The molecule has 0 spiro atoms. The van der Waals surface area contributed by atoms with E-state index in [4.69, 9.17) is 4.74 Å². The first-order chi connectivity index (χ1) is 5.58. The molecule has 1 aliphatic heterocycles. The van der Waals surface area contributed by atoms with Gasteiger partial charge in [-0.1, -0.05) is 13.3 Å². The highest BCUT2D eigenvalue weighted by Gasteiger charge is 2.37. The van der Waals surface area contributed by atoms with Gasteiger partial charge in [-0.25, -0.2) is 0 Å². The van der Waals surface area contributed by atoms with Gasteiger partial charge >= 0.3 is 5.90 Å². The van der Waals surface area contributed by atoms with Crippen molar-refractivity contribution in [2.24, 2.45) is 0 Å². The maximum Gasteiger partial charge on any atom is 0.348 e. The van der Waals surface area contributed by atoms with Crippen molar-refractivity contribution in [2.45, 2.75) is 45.6 Å². The van der Waals surface area contributed by atoms with Crippen LogP contribution in [0.1, 0.15) is 40.0 Å². The van der Waals surface area contributed by atoms with Gasteiger partial charge in [0.1, 0.15) is 0 Å². The van der Waals surface area contributed by atoms with E-state index in [1.54, 1.807) is 0 Å². The summed E-state index contributed by atoms with van der Waals surface area (Å²) in [6.07, 6.45) is 2.91. The summed E-state index contributed by atoms with van der Waals surface area (Å²) in [5.41, 5.74) is -0.358. The fourth-order valence-corrected chi connectivity index (χ4v) is 1.22. The van der Waals surface area contributed by atoms with Gasteiger partial charge < -0.3 is 9.94 Å². The van der Waals surface area contributed by atoms with Crippen LogP contribution in [0.2, 0.25) is 0 Å². The van der Waals surface area contributed by atoms with Crippen LogP contribution in [0, 0.1) is 5.21 Å². The zero-order valence-electron chi connectivity index (χ0n) is 8.09. The molecule has 0 aromatic heterocycles. The van der Waals surface area contributed by atoms with Crippen molar-refractivity contribution in [1.29, 1.82) is 0 Å². The minimum atomic E-state index is -0.358. The molecule has 1 rings (SSSR count). The maximum atomic E-state index is 11.5. The number of hydrogen-bond acceptors (Lipinski definition) is 2. The molecule has 0 amide bonds. The van der Waals surface area contributed by atoms with Gasteiger partial charge in [-0.2, -0.15) is 4.74 Å². The number of rotatable bonds is 3. The second kappa shape index (κ2) is 3.33. The predicted molar refractivity (Wildman–Crippen MR) is 48.2 cm³/mol. The fraction of sp³-hybridized carbons (Fsp3) is 0.889. The fourth-order valence-electron chi connectivity index (χ4n) is 1.22. The van der Waals surface area contributed by atoms with Crippen molar-refractivity contribution in [3.63, 3.8) is 0 Å². The van der Waals surface area contributed by atoms with Gasteiger partial charge in [-0.05, 0) is 6.42 Å². The number of nitrogens with zero attached hydrogens (tertiary/aromatic N) is 1. The van der Waals surface area contributed by atoms with Gasteiger partial charge in [0.05, 0.1) is 6.42 Å². The number of hydrogen-bond donors (Lipinski definition) is 0. The first kappa shape index (κ1) is 9.36. The smallest absolute Gasteiger partial charge is 0.348 e. The minimum absolute atomic E-state index is 0.358. The molecule has 0 N–H and O–H groups in total. The first-order valence-corrected chi connectivity index (χ1v) is 4.54. The van der Waals surface area contributed by atoms with Crippen molar-refractivity contribution in [3.8, 4) is 0 Å². The lowest BCUT2D eigenvalue weighted by Gasteiger charge is -2.14. The molecular weight excluding hydrogens is 154 g/mol. The Labute approximate surface area is 73.6 Å². The Bertz CT molecular complexity index is 197. The molecule has 12 heavy (non-hydrogen) atoms. The van der Waals surface area contributed by atoms with E-state index in [1.165, 1.54) is 0 Å². The Morgan fingerprint density at radius 1 is 1.58 bits per heavy atom. The lowest BCUT2D eigenvalue weighted by atomic mass is 10.1. The van der Waals surface area contributed by atoms with E-state index in [2.05, 4.69) is 6.92 Å². The molecule has 0 radical (unpaired) electrons. The zero-order chi connectivity index (χ0) is 9.19. The van der Waals surface area contributed by atoms with Crippen LogP contribution >= 0.6 is 0 Å². The highest BCUT2D eigenvalue weighted by atomic mass is 16.6. The van der Waals surface area contributed by atoms with Crippen molar-refractivity contribution < 1.29 is 9.48 Å². The number of ether oxygens (including phenoxy) is 1. The van der Waals surface area contributed by atoms with Gasteiger partial charge in [0.2, 0.25) is 5.54 Å². The molecule has 0 unspecified atom stereocenters. The normalized spacial score (nSPS) is 21.2. The summed E-state index contributed by atoms with van der Waals surface area (Å²) in [7, 11) is 0. The van der Waals surface area contributed by atoms with E-state index < -0.39 is 0 Å². The number of hydroxylamine groups is 1. The standard InChI is InChI=1S/C9H17NO2/c1-4-5-6-8-10(11)9(2,3)7-12-8/h4-7H2,1-3H3. The van der Waals surface area contributed by atoms with Gasteiger partial charge in [0, 0.05) is 13.8 Å². The van der Waals surface area contributed by atoms with Crippen LogP contribution in [0.15, 0.2) is 0 Å². The molecule has 3 nitrogen and oxygen atoms in total. The van der Waals surface area contributed by atoms with E-state index >= 15 is 0 Å². The van der Waals surface area contributed by atoms with Crippen molar-refractivity contribution in [3.05, 3.63) is 5.21 Å². The van der Waals surface area contributed by atoms with Crippen LogP contribution in [0.5, 0.6) is 0 Å². The van der Waals surface area contributed by atoms with Crippen molar-refractivity contribution in [2.75, 3.05) is 6.61 Å². The van der Waals surface area contributed by atoms with E-state index in [0.29, 0.717) is 12.5 Å². The molecule has 1 aliphatic rings. The highest BCUT2D eigenvalue weighted by Crippen LogP contribution is 2.18. The third kappa shape index (κ3) is 1.71. The Morgan fingerprint density at radius 2 is 2.25 bits per heavy atom. The monoisotopic (exact) mass is 171 g/mol. The predicted octanol–water partition coefficient (Wildman–Crippen LogP) is 1.89. The van der Waals surface area contributed by atoms with E-state index in [-0.39, 0.29) is 5.54 Å². The second-order valence-electron chi connectivity index (χ2n) is 3.89. The molecule has 0 atom stereocenters. The summed E-state index contributed by atoms with van der Waals surface area (Å²) in [6, 6.07) is 0. The van der Waals surface area contributed by atoms with E-state index in [9.17, 15) is 5.21 Å². The lowest BCUT2D eigenvalue weighted by Crippen LogP contribution is -2.32. The molecule has 0 saturated carbocycles. The van der Waals surface area contributed by atoms with Crippen LogP contribution in [-0.2, 0) is 4.74 Å². The van der Waals surface area contributed by atoms with Crippen LogP contribution in [0.4, 0.5) is 0 Å². The number of unbranched alkanes of at least 4 members (excludes halogenated alkanes) is 1. The van der Waals surface area contributed by atoms with E-state index in [0.717, 1.165) is 24.0 Å². The van der Waals surface area contributed by atoms with Crippen LogP contribution in [-0.4, -0.2) is 22.8 Å². The molecule has 1 heterocycles. The molecule has 0 saturated heterocycles. The molecule has 3 heteroatoms. The third-order valence-corrected chi connectivity index (χ3v) is 2.11. The van der Waals surface area contributed by atoms with Gasteiger partial charge in [0.15, 0.2) is 6.61 Å². The summed E-state index contributed by atoms with van der Waals surface area (Å²) < 4.78 is 6.33. The lowest BCUT2D eigenvalue weighted by molar-refractivity contribution is -0.528. The zero-order valence-corrected chi connectivity index (χ0v) is 8.09. The van der Waals surface area contributed by atoms with Crippen molar-refractivity contribution in [1.82, 2.24) is 0 Å². The van der Waals surface area contributed by atoms with Gasteiger partial charge in [-0.15, -0.1) is 0 Å². The quantitative estimate of drug-likeness (QED) is 0.480. The summed E-state index contributed by atoms with van der Waals surface area (Å²) in [6.45, 7) is 6.43. The Morgan fingerprint density at radius 3 is 2.67 bits per heavy atom. The van der Waals surface area contributed by atoms with Gasteiger partial charge in [0.25, 0.3) is 0 Å². The molecule has 0 fully saturated rings. The molecule has 0 aromatic rings. The molecule has 70 valence electrons. The molecule has 0 aromatic carbocycles.